The van der Waals surface area contributed by atoms with Gasteiger partial charge in [-0.2, -0.15) is 0 Å². The molecule has 0 unspecified atom stereocenters. The van der Waals surface area contributed by atoms with Crippen molar-refractivity contribution in [2.24, 2.45) is 5.73 Å². The summed E-state index contributed by atoms with van der Waals surface area (Å²) in [5, 5.41) is 9.79. The molecule has 0 heterocycles. The van der Waals surface area contributed by atoms with Crippen LogP contribution in [0.5, 0.6) is 11.5 Å². The number of carbonyl (C=O) groups is 2. The van der Waals surface area contributed by atoms with Crippen molar-refractivity contribution in [1.82, 2.24) is 4.90 Å². The molecule has 0 radical (unpaired) electrons. The van der Waals surface area contributed by atoms with E-state index in [1.165, 1.54) is 24.1 Å². The summed E-state index contributed by atoms with van der Waals surface area (Å²) >= 11 is 0. The Balaban J connectivity index is 3.00. The van der Waals surface area contributed by atoms with E-state index in [4.69, 9.17) is 10.5 Å². The van der Waals surface area contributed by atoms with E-state index >= 15 is 0 Å². The average molecular weight is 280 g/mol. The Kier molecular flexibility index (Phi) is 5.83. The lowest BCUT2D eigenvalue weighted by Gasteiger charge is -2.21. The Morgan fingerprint density at radius 1 is 1.40 bits per heavy atom. The molecule has 0 fully saturated rings. The zero-order valence-electron chi connectivity index (χ0n) is 11.8. The van der Waals surface area contributed by atoms with E-state index in [9.17, 15) is 14.7 Å². The number of hydrogen-bond donors (Lipinski definition) is 2. The Bertz CT molecular complexity index is 488. The van der Waals surface area contributed by atoms with Gasteiger partial charge < -0.3 is 20.5 Å². The molecule has 0 aliphatic carbocycles. The molecule has 0 saturated heterocycles. The molecular weight excluding hydrogens is 260 g/mol. The third-order valence-electron chi connectivity index (χ3n) is 2.85. The van der Waals surface area contributed by atoms with E-state index in [1.54, 1.807) is 6.07 Å². The van der Waals surface area contributed by atoms with E-state index < -0.39 is 11.8 Å². The van der Waals surface area contributed by atoms with E-state index in [2.05, 4.69) is 0 Å². The molecule has 1 aromatic rings. The lowest BCUT2D eigenvalue weighted by Crippen LogP contribution is -2.39. The predicted molar refractivity (Wildman–Crippen MR) is 74.7 cm³/mol. The first-order chi connectivity index (χ1) is 9.49. The number of nitrogens with zero attached hydrogens (tertiary/aromatic N) is 1. The van der Waals surface area contributed by atoms with Gasteiger partial charge in [-0.25, -0.2) is 0 Å². The Morgan fingerprint density at radius 2 is 2.10 bits per heavy atom. The first kappa shape index (κ1) is 15.8. The quantitative estimate of drug-likeness (QED) is 0.783. The van der Waals surface area contributed by atoms with Gasteiger partial charge in [-0.1, -0.05) is 13.3 Å². The Labute approximate surface area is 118 Å². The smallest absolute Gasteiger partial charge is 0.258 e. The maximum absolute atomic E-state index is 12.4. The Morgan fingerprint density at radius 3 is 2.65 bits per heavy atom. The molecule has 0 aromatic heterocycles. The van der Waals surface area contributed by atoms with Crippen molar-refractivity contribution in [3.05, 3.63) is 23.8 Å². The van der Waals surface area contributed by atoms with Crippen LogP contribution in [0, 0.1) is 0 Å². The number of phenols is 1. The molecule has 0 spiro atoms. The van der Waals surface area contributed by atoms with Crippen LogP contribution in [0.2, 0.25) is 0 Å². The number of nitrogens with two attached hydrogens (primary N) is 1. The molecule has 6 heteroatoms. The molecule has 0 aliphatic heterocycles. The van der Waals surface area contributed by atoms with Crippen molar-refractivity contribution >= 4 is 11.8 Å². The summed E-state index contributed by atoms with van der Waals surface area (Å²) in [7, 11) is 1.47. The number of phenolic OH excluding ortho intramolecular Hbond substituents is 1. The van der Waals surface area contributed by atoms with E-state index in [1.807, 2.05) is 6.92 Å². The minimum Gasteiger partial charge on any atom is -0.507 e. The first-order valence-electron chi connectivity index (χ1n) is 6.44. The third kappa shape index (κ3) is 4.15. The molecule has 6 nitrogen and oxygen atoms in total. The van der Waals surface area contributed by atoms with Gasteiger partial charge in [0.25, 0.3) is 5.91 Å². The minimum absolute atomic E-state index is 0.0988. The molecule has 0 bridgehead atoms. The largest absolute Gasteiger partial charge is 0.507 e. The number of unbranched alkanes of at least 4 members (excludes halogenated alkanes) is 1. The SMILES string of the molecule is CCCCN(CC(N)=O)C(=O)c1cc(OC)ccc1O. The fourth-order valence-electron chi connectivity index (χ4n) is 1.77. The summed E-state index contributed by atoms with van der Waals surface area (Å²) in [4.78, 5) is 24.8. The van der Waals surface area contributed by atoms with E-state index in [-0.39, 0.29) is 17.9 Å². The van der Waals surface area contributed by atoms with E-state index in [0.29, 0.717) is 12.3 Å². The number of hydrogen-bond acceptors (Lipinski definition) is 4. The maximum atomic E-state index is 12.4. The van der Waals surface area contributed by atoms with Gasteiger partial charge in [0.15, 0.2) is 0 Å². The lowest BCUT2D eigenvalue weighted by molar-refractivity contribution is -0.118. The second-order valence-corrected chi connectivity index (χ2v) is 4.43. The number of aromatic hydroxyl groups is 1. The van der Waals surface area contributed by atoms with Gasteiger partial charge >= 0.3 is 0 Å². The van der Waals surface area contributed by atoms with Crippen LogP contribution in [0.25, 0.3) is 0 Å². The van der Waals surface area contributed by atoms with Crippen molar-refractivity contribution in [1.29, 1.82) is 0 Å². The highest BCUT2D eigenvalue weighted by Crippen LogP contribution is 2.24. The molecule has 2 amide bonds. The number of carbonyl (C=O) groups excluding carboxylic acids is 2. The molecule has 3 N–H and O–H groups in total. The third-order valence-corrected chi connectivity index (χ3v) is 2.85. The highest BCUT2D eigenvalue weighted by Gasteiger charge is 2.20. The van der Waals surface area contributed by atoms with Crippen LogP contribution in [0.15, 0.2) is 18.2 Å². The van der Waals surface area contributed by atoms with Crippen molar-refractivity contribution in [2.75, 3.05) is 20.2 Å². The molecule has 110 valence electrons. The van der Waals surface area contributed by atoms with Crippen LogP contribution in [-0.2, 0) is 4.79 Å². The lowest BCUT2D eigenvalue weighted by atomic mass is 10.1. The van der Waals surface area contributed by atoms with Crippen molar-refractivity contribution in [3.63, 3.8) is 0 Å². The van der Waals surface area contributed by atoms with E-state index in [0.717, 1.165) is 12.8 Å². The van der Waals surface area contributed by atoms with Crippen LogP contribution < -0.4 is 10.5 Å². The summed E-state index contributed by atoms with van der Waals surface area (Å²) in [6.07, 6.45) is 1.64. The molecule has 0 saturated carbocycles. The molecule has 1 rings (SSSR count). The Hall–Kier alpha value is -2.24. The summed E-state index contributed by atoms with van der Waals surface area (Å²) in [6.45, 7) is 2.22. The zero-order chi connectivity index (χ0) is 15.1. The van der Waals surface area contributed by atoms with Gasteiger partial charge in [-0.15, -0.1) is 0 Å². The minimum atomic E-state index is -0.586. The second-order valence-electron chi connectivity index (χ2n) is 4.43. The van der Waals surface area contributed by atoms with Gasteiger partial charge in [0.1, 0.15) is 11.5 Å². The van der Waals surface area contributed by atoms with Gasteiger partial charge in [-0.3, -0.25) is 9.59 Å². The van der Waals surface area contributed by atoms with Crippen LogP contribution in [-0.4, -0.2) is 42.0 Å². The summed E-state index contributed by atoms with van der Waals surface area (Å²) < 4.78 is 5.03. The van der Waals surface area contributed by atoms with Crippen molar-refractivity contribution < 1.29 is 19.4 Å². The summed E-state index contributed by atoms with van der Waals surface area (Å²) in [5.74, 6) is -0.715. The van der Waals surface area contributed by atoms with Crippen LogP contribution in [0.1, 0.15) is 30.1 Å². The highest BCUT2D eigenvalue weighted by molar-refractivity contribution is 5.99. The van der Waals surface area contributed by atoms with Crippen LogP contribution in [0.4, 0.5) is 0 Å². The molecule has 0 aliphatic rings. The normalized spacial score (nSPS) is 10.1. The number of methoxy groups -OCH3 is 1. The second kappa shape index (κ2) is 7.37. The fraction of sp³-hybridized carbons (Fsp3) is 0.429. The van der Waals surface area contributed by atoms with Crippen molar-refractivity contribution in [2.45, 2.75) is 19.8 Å². The molecule has 20 heavy (non-hydrogen) atoms. The molecule has 0 atom stereocenters. The molecular formula is C14H20N2O4. The predicted octanol–water partition coefficient (Wildman–Crippen LogP) is 1.13. The zero-order valence-corrected chi connectivity index (χ0v) is 11.8. The fourth-order valence-corrected chi connectivity index (χ4v) is 1.77. The number of primary amides is 1. The highest BCUT2D eigenvalue weighted by atomic mass is 16.5. The summed E-state index contributed by atoms with van der Waals surface area (Å²) in [5.41, 5.74) is 5.25. The monoisotopic (exact) mass is 280 g/mol. The van der Waals surface area contributed by atoms with Crippen LogP contribution in [0.3, 0.4) is 0 Å². The molecule has 1 aromatic carbocycles. The van der Waals surface area contributed by atoms with Gasteiger partial charge in [-0.05, 0) is 24.6 Å². The number of rotatable bonds is 7. The van der Waals surface area contributed by atoms with Gasteiger partial charge in [0.2, 0.25) is 5.91 Å². The van der Waals surface area contributed by atoms with Gasteiger partial charge in [0.05, 0.1) is 19.2 Å². The number of ether oxygens (including phenoxy) is 1. The maximum Gasteiger partial charge on any atom is 0.258 e. The topological polar surface area (TPSA) is 92.9 Å². The average Bonchev–Trinajstić information content (AvgIpc) is 2.43. The summed E-state index contributed by atoms with van der Waals surface area (Å²) in [6, 6.07) is 4.38. The number of amides is 2. The van der Waals surface area contributed by atoms with Crippen LogP contribution >= 0.6 is 0 Å². The first-order valence-corrected chi connectivity index (χ1v) is 6.44. The number of benzene rings is 1. The van der Waals surface area contributed by atoms with Gasteiger partial charge in [0, 0.05) is 6.54 Å². The van der Waals surface area contributed by atoms with Crippen molar-refractivity contribution in [3.8, 4) is 11.5 Å². The standard InChI is InChI=1S/C14H20N2O4/c1-3-4-7-16(9-13(15)18)14(19)11-8-10(20-2)5-6-12(11)17/h5-6,8,17H,3-4,7,9H2,1-2H3,(H2,15,18).